The minimum absolute atomic E-state index is 0.155. The maximum atomic E-state index is 13.0. The van der Waals surface area contributed by atoms with Crippen molar-refractivity contribution < 1.29 is 9.15 Å². The third kappa shape index (κ3) is 3.12. The van der Waals surface area contributed by atoms with Gasteiger partial charge in [0, 0.05) is 13.6 Å². The first-order chi connectivity index (χ1) is 15.1. The first-order valence-electron chi connectivity index (χ1n) is 9.85. The topological polar surface area (TPSA) is 118 Å². The van der Waals surface area contributed by atoms with E-state index in [1.54, 1.807) is 37.1 Å². The molecule has 0 saturated carbocycles. The number of imidazole rings is 1. The van der Waals surface area contributed by atoms with Gasteiger partial charge in [0.25, 0.3) is 0 Å². The largest absolute Gasteiger partial charge is 0.497 e. The van der Waals surface area contributed by atoms with Gasteiger partial charge in [-0.3, -0.25) is 9.13 Å². The molecule has 5 rings (SSSR count). The van der Waals surface area contributed by atoms with E-state index >= 15 is 0 Å². The average molecular weight is 419 g/mol. The molecule has 10 nitrogen and oxygen atoms in total. The number of benzene rings is 1. The van der Waals surface area contributed by atoms with Crippen molar-refractivity contribution in [3.8, 4) is 17.3 Å². The van der Waals surface area contributed by atoms with Gasteiger partial charge >= 0.3 is 5.69 Å². The predicted octanol–water partition coefficient (Wildman–Crippen LogP) is 2.26. The molecular weight excluding hydrogens is 398 g/mol. The monoisotopic (exact) mass is 419 g/mol. The minimum atomic E-state index is -0.174. The molecular formula is C21H21N7O3. The van der Waals surface area contributed by atoms with E-state index in [1.165, 1.54) is 14.6 Å². The molecule has 0 aliphatic carbocycles. The number of rotatable bonds is 6. The Morgan fingerprint density at radius 2 is 1.94 bits per heavy atom. The van der Waals surface area contributed by atoms with Crippen LogP contribution >= 0.6 is 0 Å². The molecule has 31 heavy (non-hydrogen) atoms. The third-order valence-corrected chi connectivity index (χ3v) is 5.32. The van der Waals surface area contributed by atoms with Gasteiger partial charge in [0.1, 0.15) is 11.3 Å². The fourth-order valence-electron chi connectivity index (χ4n) is 3.73. The van der Waals surface area contributed by atoms with Gasteiger partial charge in [0.15, 0.2) is 17.1 Å². The van der Waals surface area contributed by atoms with Crippen LogP contribution in [0, 0.1) is 0 Å². The lowest BCUT2D eigenvalue weighted by Gasteiger charge is -2.05. The van der Waals surface area contributed by atoms with Gasteiger partial charge in [-0.05, 0) is 42.7 Å². The molecule has 0 spiro atoms. The number of anilines is 1. The summed E-state index contributed by atoms with van der Waals surface area (Å²) in [6.07, 6.45) is 3.13. The molecule has 4 aromatic heterocycles. The van der Waals surface area contributed by atoms with Crippen LogP contribution < -0.4 is 16.2 Å². The number of nitrogens with zero attached hydrogens (tertiary/aromatic N) is 6. The number of hydrogen-bond donors (Lipinski definition) is 1. The Kier molecular flexibility index (Phi) is 4.46. The molecule has 0 saturated heterocycles. The number of nitrogens with two attached hydrogens (primary N) is 1. The highest BCUT2D eigenvalue weighted by atomic mass is 16.5. The SMILES string of the molecule is COc1ccc(CCCn2c(=O)n(C)c3c2nc(N)n2nc(-c4ccco4)nc32)cc1. The van der Waals surface area contributed by atoms with E-state index in [1.807, 2.05) is 24.3 Å². The van der Waals surface area contributed by atoms with Crippen molar-refractivity contribution >= 4 is 22.8 Å². The first kappa shape index (κ1) is 18.9. The van der Waals surface area contributed by atoms with Crippen molar-refractivity contribution in [2.24, 2.45) is 7.05 Å². The summed E-state index contributed by atoms with van der Waals surface area (Å²) < 4.78 is 15.2. The lowest BCUT2D eigenvalue weighted by Crippen LogP contribution is -2.22. The Hall–Kier alpha value is -4.08. The van der Waals surface area contributed by atoms with Crippen LogP contribution in [0.4, 0.5) is 5.95 Å². The van der Waals surface area contributed by atoms with Crippen LogP contribution in [-0.2, 0) is 20.0 Å². The molecule has 2 N–H and O–H groups in total. The van der Waals surface area contributed by atoms with Gasteiger partial charge in [0.05, 0.1) is 13.4 Å². The molecule has 0 aliphatic rings. The fraction of sp³-hybridized carbons (Fsp3) is 0.238. The summed E-state index contributed by atoms with van der Waals surface area (Å²) in [6, 6.07) is 11.4. The summed E-state index contributed by atoms with van der Waals surface area (Å²) in [6.45, 7) is 0.504. The quantitative estimate of drug-likeness (QED) is 0.448. The van der Waals surface area contributed by atoms with Crippen LogP contribution in [0.15, 0.2) is 51.9 Å². The molecule has 0 atom stereocenters. The molecule has 0 unspecified atom stereocenters. The van der Waals surface area contributed by atoms with Crippen molar-refractivity contribution in [2.75, 3.05) is 12.8 Å². The highest BCUT2D eigenvalue weighted by Crippen LogP contribution is 2.23. The van der Waals surface area contributed by atoms with Gasteiger partial charge in [-0.25, -0.2) is 9.78 Å². The number of nitrogen functional groups attached to an aromatic ring is 1. The van der Waals surface area contributed by atoms with Crippen LogP contribution in [0.3, 0.4) is 0 Å². The molecule has 158 valence electrons. The van der Waals surface area contributed by atoms with E-state index in [2.05, 4.69) is 15.1 Å². The van der Waals surface area contributed by atoms with Crippen LogP contribution in [0.1, 0.15) is 12.0 Å². The highest BCUT2D eigenvalue weighted by Gasteiger charge is 2.21. The van der Waals surface area contributed by atoms with Gasteiger partial charge in [-0.1, -0.05) is 12.1 Å². The second-order valence-electron chi connectivity index (χ2n) is 7.24. The van der Waals surface area contributed by atoms with Crippen molar-refractivity contribution in [1.29, 1.82) is 0 Å². The van der Waals surface area contributed by atoms with Gasteiger partial charge in [-0.2, -0.15) is 9.50 Å². The maximum Gasteiger partial charge on any atom is 0.330 e. The zero-order valence-electron chi connectivity index (χ0n) is 17.1. The van der Waals surface area contributed by atoms with Crippen molar-refractivity contribution in [1.82, 2.24) is 28.7 Å². The number of hydrogen-bond acceptors (Lipinski definition) is 7. The summed E-state index contributed by atoms with van der Waals surface area (Å²) in [4.78, 5) is 22.0. The number of fused-ring (bicyclic) bond motifs is 3. The molecule has 0 fully saturated rings. The van der Waals surface area contributed by atoms with E-state index < -0.39 is 0 Å². The van der Waals surface area contributed by atoms with Crippen molar-refractivity contribution in [3.05, 3.63) is 58.7 Å². The normalized spacial score (nSPS) is 11.5. The zero-order valence-corrected chi connectivity index (χ0v) is 17.1. The molecule has 1 aromatic carbocycles. The Bertz CT molecular complexity index is 1430. The van der Waals surface area contributed by atoms with Crippen molar-refractivity contribution in [3.63, 3.8) is 0 Å². The molecule has 0 bridgehead atoms. The second kappa shape index (κ2) is 7.31. The van der Waals surface area contributed by atoms with Gasteiger partial charge in [-0.15, -0.1) is 5.10 Å². The number of methoxy groups -OCH3 is 1. The fourth-order valence-corrected chi connectivity index (χ4v) is 3.73. The zero-order chi connectivity index (χ0) is 21.5. The number of aromatic nitrogens is 6. The summed E-state index contributed by atoms with van der Waals surface area (Å²) >= 11 is 0. The van der Waals surface area contributed by atoms with E-state index in [9.17, 15) is 4.79 Å². The molecule has 4 heterocycles. The Morgan fingerprint density at radius 3 is 2.65 bits per heavy atom. The molecule has 10 heteroatoms. The number of furan rings is 1. The average Bonchev–Trinajstić information content (AvgIpc) is 3.50. The van der Waals surface area contributed by atoms with E-state index in [0.717, 1.165) is 18.6 Å². The Morgan fingerprint density at radius 1 is 1.13 bits per heavy atom. The summed E-state index contributed by atoms with van der Waals surface area (Å²) in [5.74, 6) is 1.87. The first-order valence-corrected chi connectivity index (χ1v) is 9.85. The third-order valence-electron chi connectivity index (χ3n) is 5.32. The van der Waals surface area contributed by atoms with E-state index in [0.29, 0.717) is 34.9 Å². The maximum absolute atomic E-state index is 13.0. The lowest BCUT2D eigenvalue weighted by atomic mass is 10.1. The van der Waals surface area contributed by atoms with E-state index in [4.69, 9.17) is 14.9 Å². The summed E-state index contributed by atoms with van der Waals surface area (Å²) in [7, 11) is 3.34. The number of aryl methyl sites for hydroxylation is 3. The predicted molar refractivity (Wildman–Crippen MR) is 115 cm³/mol. The Labute approximate surface area is 176 Å². The van der Waals surface area contributed by atoms with Gasteiger partial charge < -0.3 is 14.9 Å². The number of ether oxygens (including phenoxy) is 1. The molecule has 0 amide bonds. The van der Waals surface area contributed by atoms with E-state index in [-0.39, 0.29) is 11.6 Å². The lowest BCUT2D eigenvalue weighted by molar-refractivity contribution is 0.414. The molecule has 5 aromatic rings. The standard InChI is InChI=1S/C21H21N7O3/c1-26-16-18(24-20(22)28-19(16)23-17(25-28)15-6-4-12-31-15)27(21(26)29)11-3-5-13-7-9-14(30-2)10-8-13/h4,6-10,12H,3,5,11H2,1-2H3,(H2,22,24). The summed E-state index contributed by atoms with van der Waals surface area (Å²) in [5, 5.41) is 4.39. The van der Waals surface area contributed by atoms with Crippen molar-refractivity contribution in [2.45, 2.75) is 19.4 Å². The molecule has 0 radical (unpaired) electrons. The van der Waals surface area contributed by atoms with Crippen LogP contribution in [0.25, 0.3) is 28.4 Å². The van der Waals surface area contributed by atoms with Crippen LogP contribution in [0.2, 0.25) is 0 Å². The molecule has 0 aliphatic heterocycles. The summed E-state index contributed by atoms with van der Waals surface area (Å²) in [5.41, 5.74) is 8.67. The minimum Gasteiger partial charge on any atom is -0.497 e. The van der Waals surface area contributed by atoms with Crippen LogP contribution in [0.5, 0.6) is 5.75 Å². The Balaban J connectivity index is 1.51. The van der Waals surface area contributed by atoms with Crippen LogP contribution in [-0.4, -0.2) is 35.8 Å². The highest BCUT2D eigenvalue weighted by molar-refractivity contribution is 5.88. The second-order valence-corrected chi connectivity index (χ2v) is 7.24. The van der Waals surface area contributed by atoms with Gasteiger partial charge in [0.2, 0.25) is 11.8 Å². The smallest absolute Gasteiger partial charge is 0.330 e.